The Labute approximate surface area is 98.8 Å². The van der Waals surface area contributed by atoms with Gasteiger partial charge in [-0.3, -0.25) is 4.79 Å². The number of hydrogen-bond acceptors (Lipinski definition) is 3. The Kier molecular flexibility index (Phi) is 4.29. The molecule has 0 radical (unpaired) electrons. The Morgan fingerprint density at radius 1 is 1.62 bits per heavy atom. The van der Waals surface area contributed by atoms with Crippen LogP contribution in [0.3, 0.4) is 0 Å². The molecule has 0 fully saturated rings. The van der Waals surface area contributed by atoms with Crippen molar-refractivity contribution >= 4 is 23.2 Å². The minimum Gasteiger partial charge on any atom is -0.372 e. The molecular formula is C11H11ClN2O2. The summed E-state index contributed by atoms with van der Waals surface area (Å²) in [4.78, 5) is 11.5. The van der Waals surface area contributed by atoms with Crippen molar-refractivity contribution in [1.82, 2.24) is 0 Å². The maximum absolute atomic E-state index is 11.5. The number of methoxy groups -OCH3 is 1. The fourth-order valence-corrected chi connectivity index (χ4v) is 1.20. The van der Waals surface area contributed by atoms with Crippen LogP contribution in [0.15, 0.2) is 18.2 Å². The molecule has 1 atom stereocenters. The molecule has 0 spiro atoms. The topological polar surface area (TPSA) is 62.1 Å². The third-order valence-corrected chi connectivity index (χ3v) is 2.41. The number of rotatable bonds is 3. The highest BCUT2D eigenvalue weighted by atomic mass is 35.5. The van der Waals surface area contributed by atoms with Gasteiger partial charge in [0.2, 0.25) is 0 Å². The summed E-state index contributed by atoms with van der Waals surface area (Å²) in [6, 6.07) is 6.63. The highest BCUT2D eigenvalue weighted by Gasteiger charge is 2.13. The van der Waals surface area contributed by atoms with Gasteiger partial charge in [-0.05, 0) is 25.1 Å². The first-order valence-electron chi connectivity index (χ1n) is 4.61. The van der Waals surface area contributed by atoms with Gasteiger partial charge in [0.15, 0.2) is 0 Å². The first-order valence-corrected chi connectivity index (χ1v) is 4.99. The molecule has 0 saturated carbocycles. The number of nitrogens with one attached hydrogen (secondary N) is 1. The fourth-order valence-electron chi connectivity index (χ4n) is 1.03. The minimum absolute atomic E-state index is 0.306. The first kappa shape index (κ1) is 12.5. The van der Waals surface area contributed by atoms with E-state index in [0.29, 0.717) is 16.3 Å². The molecule has 84 valence electrons. The highest BCUT2D eigenvalue weighted by Crippen LogP contribution is 2.22. The molecular weight excluding hydrogens is 228 g/mol. The van der Waals surface area contributed by atoms with Crippen LogP contribution in [0.4, 0.5) is 5.69 Å². The lowest BCUT2D eigenvalue weighted by atomic mass is 10.2. The Bertz CT molecular complexity index is 440. The molecule has 1 N–H and O–H groups in total. The quantitative estimate of drug-likeness (QED) is 0.878. The average molecular weight is 239 g/mol. The second kappa shape index (κ2) is 5.50. The summed E-state index contributed by atoms with van der Waals surface area (Å²) in [5.41, 5.74) is 0.847. The SMILES string of the molecule is COC(C)C(=O)Nc1cc(C#N)ccc1Cl. The fraction of sp³-hybridized carbons (Fsp3) is 0.273. The maximum Gasteiger partial charge on any atom is 0.253 e. The number of nitrogens with zero attached hydrogens (tertiary/aromatic N) is 1. The van der Waals surface area contributed by atoms with Crippen molar-refractivity contribution in [2.24, 2.45) is 0 Å². The Morgan fingerprint density at radius 3 is 2.88 bits per heavy atom. The summed E-state index contributed by atoms with van der Waals surface area (Å²) >= 11 is 5.88. The molecule has 1 aromatic rings. The number of amides is 1. The van der Waals surface area contributed by atoms with Gasteiger partial charge in [-0.15, -0.1) is 0 Å². The van der Waals surface area contributed by atoms with Gasteiger partial charge in [0, 0.05) is 7.11 Å². The molecule has 0 aliphatic heterocycles. The van der Waals surface area contributed by atoms with E-state index < -0.39 is 6.10 Å². The molecule has 0 saturated heterocycles. The average Bonchev–Trinajstić information content (AvgIpc) is 2.30. The number of benzene rings is 1. The number of carbonyl (C=O) groups is 1. The van der Waals surface area contributed by atoms with Crippen molar-refractivity contribution in [3.8, 4) is 6.07 Å². The Morgan fingerprint density at radius 2 is 2.31 bits per heavy atom. The van der Waals surface area contributed by atoms with Crippen LogP contribution < -0.4 is 5.32 Å². The number of hydrogen-bond donors (Lipinski definition) is 1. The zero-order chi connectivity index (χ0) is 12.1. The highest BCUT2D eigenvalue weighted by molar-refractivity contribution is 6.33. The van der Waals surface area contributed by atoms with Crippen LogP contribution in [-0.4, -0.2) is 19.1 Å². The molecule has 0 aromatic heterocycles. The third kappa shape index (κ3) is 2.96. The Hall–Kier alpha value is -1.57. The van der Waals surface area contributed by atoms with Crippen LogP contribution in [0.1, 0.15) is 12.5 Å². The smallest absolute Gasteiger partial charge is 0.253 e. The van der Waals surface area contributed by atoms with E-state index in [-0.39, 0.29) is 5.91 Å². The molecule has 5 heteroatoms. The van der Waals surface area contributed by atoms with Crippen LogP contribution in [0.2, 0.25) is 5.02 Å². The molecule has 0 aliphatic carbocycles. The number of anilines is 1. The van der Waals surface area contributed by atoms with E-state index in [1.807, 2.05) is 6.07 Å². The van der Waals surface area contributed by atoms with Crippen molar-refractivity contribution in [2.75, 3.05) is 12.4 Å². The molecule has 0 heterocycles. The molecule has 1 rings (SSSR count). The van der Waals surface area contributed by atoms with Gasteiger partial charge < -0.3 is 10.1 Å². The van der Waals surface area contributed by atoms with Gasteiger partial charge in [-0.1, -0.05) is 11.6 Å². The lowest BCUT2D eigenvalue weighted by molar-refractivity contribution is -0.124. The largest absolute Gasteiger partial charge is 0.372 e. The van der Waals surface area contributed by atoms with Crippen LogP contribution in [0, 0.1) is 11.3 Å². The van der Waals surface area contributed by atoms with Gasteiger partial charge in [-0.2, -0.15) is 5.26 Å². The van der Waals surface area contributed by atoms with Crippen molar-refractivity contribution in [3.63, 3.8) is 0 Å². The summed E-state index contributed by atoms with van der Waals surface area (Å²) in [6.45, 7) is 1.62. The second-order valence-electron chi connectivity index (χ2n) is 3.17. The molecule has 1 aromatic carbocycles. The monoisotopic (exact) mass is 238 g/mol. The Balaban J connectivity index is 2.89. The van der Waals surface area contributed by atoms with Crippen LogP contribution in [0.25, 0.3) is 0 Å². The van der Waals surface area contributed by atoms with Crippen molar-refractivity contribution in [1.29, 1.82) is 5.26 Å². The second-order valence-corrected chi connectivity index (χ2v) is 3.58. The third-order valence-electron chi connectivity index (χ3n) is 2.08. The van der Waals surface area contributed by atoms with Crippen LogP contribution in [-0.2, 0) is 9.53 Å². The predicted molar refractivity (Wildman–Crippen MR) is 61.3 cm³/mol. The van der Waals surface area contributed by atoms with Gasteiger partial charge in [0.25, 0.3) is 5.91 Å². The molecule has 16 heavy (non-hydrogen) atoms. The summed E-state index contributed by atoms with van der Waals surface area (Å²) in [6.07, 6.45) is -0.568. The summed E-state index contributed by atoms with van der Waals surface area (Å²) < 4.78 is 4.86. The number of halogens is 1. The zero-order valence-electron chi connectivity index (χ0n) is 8.95. The lowest BCUT2D eigenvalue weighted by Crippen LogP contribution is -2.26. The van der Waals surface area contributed by atoms with Crippen LogP contribution in [0.5, 0.6) is 0 Å². The van der Waals surface area contributed by atoms with Crippen LogP contribution >= 0.6 is 11.6 Å². The van der Waals surface area contributed by atoms with E-state index in [2.05, 4.69) is 5.32 Å². The predicted octanol–water partition coefficient (Wildman–Crippen LogP) is 2.19. The van der Waals surface area contributed by atoms with E-state index in [1.54, 1.807) is 19.1 Å². The maximum atomic E-state index is 11.5. The van der Waals surface area contributed by atoms with Crippen molar-refractivity contribution in [3.05, 3.63) is 28.8 Å². The van der Waals surface area contributed by atoms with Gasteiger partial charge >= 0.3 is 0 Å². The van der Waals surface area contributed by atoms with E-state index >= 15 is 0 Å². The number of nitriles is 1. The molecule has 1 amide bonds. The van der Waals surface area contributed by atoms with Crippen molar-refractivity contribution < 1.29 is 9.53 Å². The van der Waals surface area contributed by atoms with Gasteiger partial charge in [-0.25, -0.2) is 0 Å². The van der Waals surface area contributed by atoms with Crippen molar-refractivity contribution in [2.45, 2.75) is 13.0 Å². The lowest BCUT2D eigenvalue weighted by Gasteiger charge is -2.11. The summed E-state index contributed by atoms with van der Waals surface area (Å²) in [7, 11) is 1.44. The summed E-state index contributed by atoms with van der Waals surface area (Å²) in [5.74, 6) is -0.306. The van der Waals surface area contributed by atoms with E-state index in [1.165, 1.54) is 13.2 Å². The first-order chi connectivity index (χ1) is 7.58. The number of ether oxygens (including phenoxy) is 1. The molecule has 4 nitrogen and oxygen atoms in total. The molecule has 0 aliphatic rings. The minimum atomic E-state index is -0.568. The molecule has 1 unspecified atom stereocenters. The zero-order valence-corrected chi connectivity index (χ0v) is 9.71. The number of carbonyl (C=O) groups excluding carboxylic acids is 1. The standard InChI is InChI=1S/C11H11ClN2O2/c1-7(16-2)11(15)14-10-5-8(6-13)3-4-9(10)12/h3-5,7H,1-2H3,(H,14,15). The summed E-state index contributed by atoms with van der Waals surface area (Å²) in [5, 5.41) is 11.7. The van der Waals surface area contributed by atoms with E-state index in [0.717, 1.165) is 0 Å². The van der Waals surface area contributed by atoms with E-state index in [9.17, 15) is 4.79 Å². The van der Waals surface area contributed by atoms with Gasteiger partial charge in [0.05, 0.1) is 22.3 Å². The van der Waals surface area contributed by atoms with Gasteiger partial charge in [0.1, 0.15) is 6.10 Å². The normalized spacial score (nSPS) is 11.6. The molecule has 0 bridgehead atoms. The van der Waals surface area contributed by atoms with E-state index in [4.69, 9.17) is 21.6 Å².